The first-order valence-electron chi connectivity index (χ1n) is 3.51. The molecule has 1 aromatic rings. The molecule has 0 bridgehead atoms. The van der Waals surface area contributed by atoms with Gasteiger partial charge in [-0.05, 0) is 25.1 Å². The van der Waals surface area contributed by atoms with Gasteiger partial charge in [0.1, 0.15) is 6.26 Å². The van der Waals surface area contributed by atoms with Crippen molar-refractivity contribution in [1.29, 1.82) is 0 Å². The maximum Gasteiger partial charge on any atom is 0.114 e. The van der Waals surface area contributed by atoms with Gasteiger partial charge in [0, 0.05) is 0 Å². The third kappa shape index (κ3) is 2.76. The summed E-state index contributed by atoms with van der Waals surface area (Å²) in [6.07, 6.45) is 3.41. The minimum Gasteiger partial charge on any atom is -0.390 e. The third-order valence-electron chi connectivity index (χ3n) is 1.15. The van der Waals surface area contributed by atoms with E-state index in [1.165, 1.54) is 0 Å². The second-order valence-electron chi connectivity index (χ2n) is 2.06. The molecule has 2 nitrogen and oxygen atoms in total. The van der Waals surface area contributed by atoms with Crippen molar-refractivity contribution in [3.8, 4) is 0 Å². The van der Waals surface area contributed by atoms with Crippen LogP contribution in [-0.4, -0.2) is 0 Å². The number of benzene rings is 1. The number of anilines is 1. The zero-order chi connectivity index (χ0) is 7.94. The van der Waals surface area contributed by atoms with E-state index >= 15 is 0 Å². The van der Waals surface area contributed by atoms with E-state index in [1.54, 1.807) is 6.26 Å². The second-order valence-corrected chi connectivity index (χ2v) is 2.06. The highest BCUT2D eigenvalue weighted by molar-refractivity contribution is 5.40. The zero-order valence-corrected chi connectivity index (χ0v) is 6.45. The van der Waals surface area contributed by atoms with Gasteiger partial charge in [-0.15, -0.1) is 0 Å². The molecule has 0 unspecified atom stereocenters. The van der Waals surface area contributed by atoms with Crippen LogP contribution in [0.4, 0.5) is 5.69 Å². The topological polar surface area (TPSA) is 21.3 Å². The van der Waals surface area contributed by atoms with Crippen molar-refractivity contribution in [1.82, 2.24) is 0 Å². The highest BCUT2D eigenvalue weighted by Crippen LogP contribution is 2.04. The predicted molar refractivity (Wildman–Crippen MR) is 46.0 cm³/mol. The molecular formula is C9H11NO. The molecule has 11 heavy (non-hydrogen) atoms. The molecule has 0 aliphatic rings. The lowest BCUT2D eigenvalue weighted by atomic mass is 10.3. The minimum atomic E-state index is 0.950. The van der Waals surface area contributed by atoms with Gasteiger partial charge in [-0.2, -0.15) is 0 Å². The Morgan fingerprint density at radius 1 is 1.27 bits per heavy atom. The average Bonchev–Trinajstić information content (AvgIpc) is 2.07. The van der Waals surface area contributed by atoms with Crippen LogP contribution in [0.25, 0.3) is 0 Å². The lowest BCUT2D eigenvalue weighted by Crippen LogP contribution is -1.93. The van der Waals surface area contributed by atoms with Gasteiger partial charge in [0.05, 0.1) is 5.69 Å². The van der Waals surface area contributed by atoms with Crippen molar-refractivity contribution in [2.45, 2.75) is 6.92 Å². The van der Waals surface area contributed by atoms with Crippen LogP contribution in [0.1, 0.15) is 6.92 Å². The maximum absolute atomic E-state index is 4.94. The molecule has 0 saturated carbocycles. The van der Waals surface area contributed by atoms with Crippen LogP contribution in [0.3, 0.4) is 0 Å². The molecule has 0 radical (unpaired) electrons. The van der Waals surface area contributed by atoms with Gasteiger partial charge < -0.3 is 4.84 Å². The maximum atomic E-state index is 4.94. The second kappa shape index (κ2) is 4.39. The Labute approximate surface area is 66.5 Å². The molecule has 0 amide bonds. The van der Waals surface area contributed by atoms with Gasteiger partial charge in [-0.1, -0.05) is 18.2 Å². The summed E-state index contributed by atoms with van der Waals surface area (Å²) >= 11 is 0. The molecule has 1 N–H and O–H groups in total. The standard InChI is InChI=1S/C9H11NO/c1-2-8-11-10-9-6-4-3-5-7-9/h2-8,10H,1H3. The summed E-state index contributed by atoms with van der Waals surface area (Å²) in [5.41, 5.74) is 3.71. The Kier molecular flexibility index (Phi) is 3.06. The summed E-state index contributed by atoms with van der Waals surface area (Å²) in [6, 6.07) is 9.72. The number of para-hydroxylation sites is 1. The summed E-state index contributed by atoms with van der Waals surface area (Å²) in [7, 11) is 0. The quantitative estimate of drug-likeness (QED) is 0.526. The summed E-state index contributed by atoms with van der Waals surface area (Å²) in [5, 5.41) is 0. The predicted octanol–water partition coefficient (Wildman–Crippen LogP) is 2.56. The van der Waals surface area contributed by atoms with Gasteiger partial charge in [0.2, 0.25) is 0 Å². The molecule has 0 atom stereocenters. The Hall–Kier alpha value is -1.44. The Bertz CT molecular complexity index is 218. The Morgan fingerprint density at radius 2 is 2.00 bits per heavy atom. The number of nitrogens with one attached hydrogen (secondary N) is 1. The molecule has 0 heterocycles. The molecule has 58 valence electrons. The van der Waals surface area contributed by atoms with E-state index in [0.717, 1.165) is 5.69 Å². The van der Waals surface area contributed by atoms with Crippen LogP contribution in [0.5, 0.6) is 0 Å². The van der Waals surface area contributed by atoms with Crippen LogP contribution in [0, 0.1) is 0 Å². The first-order chi connectivity index (χ1) is 5.43. The van der Waals surface area contributed by atoms with Gasteiger partial charge in [-0.25, -0.2) is 5.48 Å². The summed E-state index contributed by atoms with van der Waals surface area (Å²) in [4.78, 5) is 4.94. The molecule has 0 aliphatic carbocycles. The zero-order valence-electron chi connectivity index (χ0n) is 6.45. The Balaban J connectivity index is 2.39. The minimum absolute atomic E-state index is 0.950. The SMILES string of the molecule is CC=CONc1ccccc1. The molecule has 1 aromatic carbocycles. The fraction of sp³-hybridized carbons (Fsp3) is 0.111. The largest absolute Gasteiger partial charge is 0.390 e. The first kappa shape index (κ1) is 7.66. The lowest BCUT2D eigenvalue weighted by Gasteiger charge is -2.01. The average molecular weight is 149 g/mol. The van der Waals surface area contributed by atoms with Crippen LogP contribution in [-0.2, 0) is 4.84 Å². The van der Waals surface area contributed by atoms with Crippen LogP contribution in [0.2, 0.25) is 0 Å². The van der Waals surface area contributed by atoms with E-state index < -0.39 is 0 Å². The van der Waals surface area contributed by atoms with Gasteiger partial charge in [0.15, 0.2) is 0 Å². The smallest absolute Gasteiger partial charge is 0.114 e. The normalized spacial score (nSPS) is 9.91. The summed E-state index contributed by atoms with van der Waals surface area (Å²) < 4.78 is 0. The molecular weight excluding hydrogens is 138 g/mol. The van der Waals surface area contributed by atoms with Crippen molar-refractivity contribution in [2.75, 3.05) is 5.48 Å². The number of allylic oxidation sites excluding steroid dienone is 1. The molecule has 0 aliphatic heterocycles. The van der Waals surface area contributed by atoms with Gasteiger partial charge in [0.25, 0.3) is 0 Å². The summed E-state index contributed by atoms with van der Waals surface area (Å²) in [6.45, 7) is 1.90. The van der Waals surface area contributed by atoms with E-state index in [-0.39, 0.29) is 0 Å². The fourth-order valence-corrected chi connectivity index (χ4v) is 0.676. The van der Waals surface area contributed by atoms with Crippen LogP contribution < -0.4 is 5.48 Å². The highest BCUT2D eigenvalue weighted by atomic mass is 16.6. The van der Waals surface area contributed by atoms with E-state index in [0.29, 0.717) is 0 Å². The third-order valence-corrected chi connectivity index (χ3v) is 1.15. The van der Waals surface area contributed by atoms with E-state index in [4.69, 9.17) is 4.84 Å². The molecule has 1 rings (SSSR count). The van der Waals surface area contributed by atoms with Crippen LogP contribution in [0.15, 0.2) is 42.7 Å². The number of hydrogen-bond acceptors (Lipinski definition) is 2. The Morgan fingerprint density at radius 3 is 2.64 bits per heavy atom. The molecule has 0 saturated heterocycles. The van der Waals surface area contributed by atoms with Crippen molar-refractivity contribution < 1.29 is 4.84 Å². The van der Waals surface area contributed by atoms with Gasteiger partial charge in [-0.3, -0.25) is 0 Å². The van der Waals surface area contributed by atoms with E-state index in [2.05, 4.69) is 5.48 Å². The monoisotopic (exact) mass is 149 g/mol. The van der Waals surface area contributed by atoms with Crippen molar-refractivity contribution in [3.05, 3.63) is 42.7 Å². The fourth-order valence-electron chi connectivity index (χ4n) is 0.676. The molecule has 0 spiro atoms. The number of hydrogen-bond donors (Lipinski definition) is 1. The van der Waals surface area contributed by atoms with Crippen molar-refractivity contribution >= 4 is 5.69 Å². The summed E-state index contributed by atoms with van der Waals surface area (Å²) in [5.74, 6) is 0. The molecule has 0 fully saturated rings. The molecule has 0 aromatic heterocycles. The highest BCUT2D eigenvalue weighted by Gasteiger charge is 1.83. The van der Waals surface area contributed by atoms with Crippen molar-refractivity contribution in [2.24, 2.45) is 0 Å². The lowest BCUT2D eigenvalue weighted by molar-refractivity contribution is 0.329. The van der Waals surface area contributed by atoms with E-state index in [1.807, 2.05) is 43.3 Å². The molecule has 2 heteroatoms. The number of rotatable bonds is 3. The van der Waals surface area contributed by atoms with E-state index in [9.17, 15) is 0 Å². The van der Waals surface area contributed by atoms with Gasteiger partial charge >= 0.3 is 0 Å². The van der Waals surface area contributed by atoms with Crippen molar-refractivity contribution in [3.63, 3.8) is 0 Å². The first-order valence-corrected chi connectivity index (χ1v) is 3.51. The van der Waals surface area contributed by atoms with Crippen LogP contribution >= 0.6 is 0 Å².